The molecule has 1 heterocycles. The minimum Gasteiger partial charge on any atom is -0.466 e. The van der Waals surface area contributed by atoms with Gasteiger partial charge in [-0.05, 0) is 43.2 Å². The minimum absolute atomic E-state index is 0.0974. The monoisotopic (exact) mass is 440 g/mol. The molecule has 0 unspecified atom stereocenters. The number of carbonyl (C=O) groups excluding carboxylic acids is 2. The molecule has 8 atom stereocenters. The van der Waals surface area contributed by atoms with E-state index in [4.69, 9.17) is 4.42 Å². The van der Waals surface area contributed by atoms with Crippen LogP contribution in [0.1, 0.15) is 17.9 Å². The Hall–Kier alpha value is -0.420. The number of hydrogen-bond donors (Lipinski definition) is 0. The van der Waals surface area contributed by atoms with Gasteiger partial charge in [0.15, 0.2) is 0 Å². The Morgan fingerprint density at radius 2 is 2.13 bits per heavy atom. The van der Waals surface area contributed by atoms with Crippen LogP contribution in [-0.4, -0.2) is 21.7 Å². The average molecular weight is 442 g/mol. The molecule has 0 aromatic carbocycles. The second kappa shape index (κ2) is 4.60. The number of halogens is 2. The maximum Gasteiger partial charge on any atom is 0.145 e. The molecule has 4 fully saturated rings. The van der Waals surface area contributed by atoms with Crippen molar-refractivity contribution in [1.82, 2.24) is 0 Å². The van der Waals surface area contributed by atoms with Crippen molar-refractivity contribution in [1.29, 1.82) is 0 Å². The van der Waals surface area contributed by atoms with Crippen molar-refractivity contribution < 1.29 is 14.0 Å². The van der Waals surface area contributed by atoms with Crippen molar-refractivity contribution in [3.8, 4) is 0 Å². The van der Waals surface area contributed by atoms with Crippen LogP contribution < -0.4 is 0 Å². The molecular weight excluding hydrogens is 424 g/mol. The quantitative estimate of drug-likeness (QED) is 0.673. The molecule has 0 radical (unpaired) electrons. The summed E-state index contributed by atoms with van der Waals surface area (Å²) in [6.45, 7) is 1.91. The third-order valence-electron chi connectivity index (χ3n) is 7.13. The fourth-order valence-corrected chi connectivity index (χ4v) is 8.71. The Morgan fingerprint density at radius 3 is 2.78 bits per heavy atom. The molecule has 3 nitrogen and oxygen atoms in total. The summed E-state index contributed by atoms with van der Waals surface area (Å²) in [7, 11) is 0. The fraction of sp³-hybridized carbons (Fsp3) is 0.667. The van der Waals surface area contributed by atoms with Crippen molar-refractivity contribution >= 4 is 43.4 Å². The van der Waals surface area contributed by atoms with Gasteiger partial charge in [0, 0.05) is 34.3 Å². The van der Waals surface area contributed by atoms with E-state index in [1.165, 1.54) is 0 Å². The van der Waals surface area contributed by atoms with Crippen molar-refractivity contribution in [2.45, 2.75) is 24.6 Å². The molecule has 4 aliphatic rings. The Bertz CT molecular complexity index is 726. The van der Waals surface area contributed by atoms with E-state index < -0.39 is 5.41 Å². The predicted molar refractivity (Wildman–Crippen MR) is 91.7 cm³/mol. The number of hydrogen-bond acceptors (Lipinski definition) is 3. The number of rotatable bonds is 3. The number of carbonyl (C=O) groups is 2. The zero-order chi connectivity index (χ0) is 16.1. The zero-order valence-corrected chi connectivity index (χ0v) is 16.0. The van der Waals surface area contributed by atoms with E-state index in [-0.39, 0.29) is 17.8 Å². The molecular formula is C18H18Br2O3. The summed E-state index contributed by atoms with van der Waals surface area (Å²) < 4.78 is 5.70. The average Bonchev–Trinajstić information content (AvgIpc) is 3.18. The molecule has 1 aromatic heterocycles. The first-order chi connectivity index (χ1) is 11.0. The lowest BCUT2D eigenvalue weighted by Crippen LogP contribution is -2.52. The van der Waals surface area contributed by atoms with Gasteiger partial charge in [-0.2, -0.15) is 0 Å². The van der Waals surface area contributed by atoms with E-state index in [9.17, 15) is 9.59 Å². The fourth-order valence-electron chi connectivity index (χ4n) is 6.45. The van der Waals surface area contributed by atoms with Gasteiger partial charge < -0.3 is 4.42 Å². The molecule has 5 rings (SSSR count). The van der Waals surface area contributed by atoms with Gasteiger partial charge in [-0.25, -0.2) is 0 Å². The molecule has 4 bridgehead atoms. The largest absolute Gasteiger partial charge is 0.466 e. The second-order valence-electron chi connectivity index (χ2n) is 7.79. The van der Waals surface area contributed by atoms with Crippen LogP contribution in [-0.2, 0) is 16.0 Å². The highest BCUT2D eigenvalue weighted by molar-refractivity contribution is 9.09. The highest BCUT2D eigenvalue weighted by atomic mass is 79.9. The van der Waals surface area contributed by atoms with Gasteiger partial charge in [0.25, 0.3) is 0 Å². The number of fused-ring (bicyclic) bond motifs is 4. The van der Waals surface area contributed by atoms with Crippen LogP contribution in [0.25, 0.3) is 0 Å². The minimum atomic E-state index is -0.406. The Morgan fingerprint density at radius 1 is 1.35 bits per heavy atom. The Balaban J connectivity index is 1.60. The Kier molecular flexibility index (Phi) is 2.98. The predicted octanol–water partition coefficient (Wildman–Crippen LogP) is 3.56. The van der Waals surface area contributed by atoms with Crippen molar-refractivity contribution in [2.24, 2.45) is 40.9 Å². The van der Waals surface area contributed by atoms with E-state index in [0.29, 0.717) is 45.9 Å². The van der Waals surface area contributed by atoms with Crippen LogP contribution in [0, 0.1) is 47.8 Å². The molecule has 23 heavy (non-hydrogen) atoms. The van der Waals surface area contributed by atoms with E-state index in [2.05, 4.69) is 31.9 Å². The highest BCUT2D eigenvalue weighted by Gasteiger charge is 2.80. The van der Waals surface area contributed by atoms with Gasteiger partial charge in [-0.15, -0.1) is 0 Å². The highest BCUT2D eigenvalue weighted by Crippen LogP contribution is 2.75. The van der Waals surface area contributed by atoms with Gasteiger partial charge in [0.1, 0.15) is 23.1 Å². The van der Waals surface area contributed by atoms with Gasteiger partial charge in [0.2, 0.25) is 0 Å². The molecule has 0 amide bonds. The summed E-state index contributed by atoms with van der Waals surface area (Å²) in [6.07, 6.45) is 1.62. The van der Waals surface area contributed by atoms with Crippen LogP contribution in [0.2, 0.25) is 0 Å². The maximum absolute atomic E-state index is 13.3. The number of alkyl halides is 2. The first-order valence-corrected chi connectivity index (χ1v) is 10.4. The van der Waals surface area contributed by atoms with Gasteiger partial charge >= 0.3 is 0 Å². The molecule has 0 spiro atoms. The SMILES string of the molecule is Cc1ccc(C[C@@H]2C(=O)[C@@H]3[C@H]4C[C@@H]5[C@H]([C@@H]4Br)[C@H]2C(=O)[C@@]53CBr)o1. The van der Waals surface area contributed by atoms with Gasteiger partial charge in [-0.3, -0.25) is 9.59 Å². The second-order valence-corrected chi connectivity index (χ2v) is 9.41. The van der Waals surface area contributed by atoms with E-state index >= 15 is 0 Å². The van der Waals surface area contributed by atoms with Crippen molar-refractivity contribution in [2.75, 3.05) is 5.33 Å². The van der Waals surface area contributed by atoms with E-state index in [1.807, 2.05) is 19.1 Å². The van der Waals surface area contributed by atoms with Crippen LogP contribution in [0.4, 0.5) is 0 Å². The van der Waals surface area contributed by atoms with Gasteiger partial charge in [-0.1, -0.05) is 31.9 Å². The van der Waals surface area contributed by atoms with Crippen LogP contribution in [0.5, 0.6) is 0 Å². The van der Waals surface area contributed by atoms with Crippen molar-refractivity contribution in [3.63, 3.8) is 0 Å². The molecule has 122 valence electrons. The van der Waals surface area contributed by atoms with Crippen LogP contribution >= 0.6 is 31.9 Å². The number of Topliss-reactive ketones (excluding diaryl/α,β-unsaturated/α-hetero) is 2. The zero-order valence-electron chi connectivity index (χ0n) is 12.8. The van der Waals surface area contributed by atoms with E-state index in [1.54, 1.807) is 0 Å². The molecule has 0 N–H and O–H groups in total. The molecule has 4 saturated carbocycles. The number of aryl methyl sites for hydroxylation is 1. The topological polar surface area (TPSA) is 47.3 Å². The summed E-state index contributed by atoms with van der Waals surface area (Å²) in [5.41, 5.74) is -0.406. The number of ketones is 2. The third kappa shape index (κ3) is 1.53. The lowest BCUT2D eigenvalue weighted by molar-refractivity contribution is -0.148. The Labute approximate surface area is 151 Å². The van der Waals surface area contributed by atoms with Crippen LogP contribution in [0.3, 0.4) is 0 Å². The van der Waals surface area contributed by atoms with Crippen molar-refractivity contribution in [3.05, 3.63) is 23.7 Å². The standard InChI is InChI=1S/C18H18Br2O3/c1-7-2-3-8(23-7)4-9-12-13-11-5-10(15(13)20)14(16(9)21)18(11,6-19)17(12)22/h2-3,9-15H,4-6H2,1H3/t9-,10+,11+,12-,13-,14-,15+,18-/m0/s1. The smallest absolute Gasteiger partial charge is 0.145 e. The molecule has 1 aromatic rings. The summed E-state index contributed by atoms with van der Waals surface area (Å²) in [6, 6.07) is 3.88. The maximum atomic E-state index is 13.3. The first kappa shape index (κ1) is 14.9. The lowest BCUT2D eigenvalue weighted by atomic mass is 9.62. The molecule has 5 heteroatoms. The molecule has 0 saturated heterocycles. The lowest BCUT2D eigenvalue weighted by Gasteiger charge is -2.40. The summed E-state index contributed by atoms with van der Waals surface area (Å²) >= 11 is 7.45. The summed E-state index contributed by atoms with van der Waals surface area (Å²) in [5, 5.41) is 0.649. The summed E-state index contributed by atoms with van der Waals surface area (Å²) in [4.78, 5) is 26.9. The molecule has 0 aliphatic heterocycles. The normalized spacial score (nSPS) is 49.6. The molecule has 4 aliphatic carbocycles. The van der Waals surface area contributed by atoms with E-state index in [0.717, 1.165) is 17.9 Å². The summed E-state index contributed by atoms with van der Waals surface area (Å²) in [5.74, 6) is 3.01. The third-order valence-corrected chi connectivity index (χ3v) is 9.35. The first-order valence-electron chi connectivity index (χ1n) is 8.34. The van der Waals surface area contributed by atoms with Crippen LogP contribution in [0.15, 0.2) is 16.5 Å². The number of furan rings is 1. The van der Waals surface area contributed by atoms with Gasteiger partial charge in [0.05, 0.1) is 5.41 Å².